The number of amides is 1. The Bertz CT molecular complexity index is 320. The first kappa shape index (κ1) is 18.5. The molecule has 1 aliphatic heterocycles. The Morgan fingerprint density at radius 3 is 1.71 bits per heavy atom. The molecule has 0 aromatic carbocycles. The summed E-state index contributed by atoms with van der Waals surface area (Å²) < 4.78 is 5.86. The van der Waals surface area contributed by atoms with Crippen LogP contribution in [0.4, 0.5) is 0 Å². The van der Waals surface area contributed by atoms with Crippen LogP contribution >= 0.6 is 0 Å². The summed E-state index contributed by atoms with van der Waals surface area (Å²) in [5.41, 5.74) is 0. The Morgan fingerprint density at radius 1 is 0.952 bits per heavy atom. The second-order valence-electron chi connectivity index (χ2n) is 7.69. The third kappa shape index (κ3) is 4.70. The largest absolute Gasteiger partial charge is 0.376 e. The lowest BCUT2D eigenvalue weighted by Gasteiger charge is -2.42. The Morgan fingerprint density at radius 2 is 1.38 bits per heavy atom. The second kappa shape index (κ2) is 7.62. The smallest absolute Gasteiger partial charge is 0.226 e. The fourth-order valence-corrected chi connectivity index (χ4v) is 4.06. The van der Waals surface area contributed by atoms with Crippen LogP contribution in [0.2, 0.25) is 0 Å². The molecule has 0 aromatic rings. The lowest BCUT2D eigenvalue weighted by molar-refractivity contribution is -0.147. The highest BCUT2D eigenvalue weighted by molar-refractivity contribution is 5.80. The highest BCUT2D eigenvalue weighted by Gasteiger charge is 2.39. The summed E-state index contributed by atoms with van der Waals surface area (Å²) in [5, 5.41) is 0. The van der Waals surface area contributed by atoms with E-state index < -0.39 is 0 Å². The molecular formula is C18H35NO2. The molecule has 0 saturated carbocycles. The summed E-state index contributed by atoms with van der Waals surface area (Å²) in [6, 6.07) is 0.516. The maximum absolute atomic E-state index is 13.2. The molecule has 0 aliphatic carbocycles. The van der Waals surface area contributed by atoms with Crippen LogP contribution in [0.3, 0.4) is 0 Å². The van der Waals surface area contributed by atoms with Crippen molar-refractivity contribution < 1.29 is 9.53 Å². The summed E-state index contributed by atoms with van der Waals surface area (Å²) >= 11 is 0. The predicted octanol–water partition coefficient (Wildman–Crippen LogP) is 4.11. The first-order valence-electron chi connectivity index (χ1n) is 8.62. The van der Waals surface area contributed by atoms with Crippen LogP contribution < -0.4 is 0 Å². The minimum Gasteiger partial charge on any atom is -0.376 e. The first-order chi connectivity index (χ1) is 9.65. The SMILES string of the molecule is CC1CC(C(C(=O)N(C(C)C)C(C)C)C(C)C)CC(C)O1. The number of carbonyl (C=O) groups is 1. The van der Waals surface area contributed by atoms with E-state index in [1.54, 1.807) is 0 Å². The van der Waals surface area contributed by atoms with Crippen LogP contribution in [0.1, 0.15) is 68.2 Å². The van der Waals surface area contributed by atoms with Crippen LogP contribution in [-0.2, 0) is 9.53 Å². The quantitative estimate of drug-likeness (QED) is 0.764. The topological polar surface area (TPSA) is 29.5 Å². The molecule has 1 aliphatic rings. The minimum atomic E-state index is 0.114. The lowest BCUT2D eigenvalue weighted by Crippen LogP contribution is -2.49. The molecule has 21 heavy (non-hydrogen) atoms. The van der Waals surface area contributed by atoms with E-state index in [4.69, 9.17) is 4.74 Å². The molecule has 0 N–H and O–H groups in total. The Kier molecular flexibility index (Phi) is 6.71. The van der Waals surface area contributed by atoms with E-state index in [2.05, 4.69) is 60.3 Å². The molecular weight excluding hydrogens is 262 g/mol. The van der Waals surface area contributed by atoms with Crippen molar-refractivity contribution in [1.29, 1.82) is 0 Å². The third-order valence-corrected chi connectivity index (χ3v) is 4.61. The van der Waals surface area contributed by atoms with Crippen LogP contribution in [0.15, 0.2) is 0 Å². The van der Waals surface area contributed by atoms with Gasteiger partial charge in [-0.3, -0.25) is 4.79 Å². The van der Waals surface area contributed by atoms with E-state index in [-0.39, 0.29) is 30.2 Å². The number of hydrogen-bond acceptors (Lipinski definition) is 2. The maximum atomic E-state index is 13.2. The first-order valence-corrected chi connectivity index (χ1v) is 8.62. The second-order valence-corrected chi connectivity index (χ2v) is 7.69. The highest BCUT2D eigenvalue weighted by atomic mass is 16.5. The van der Waals surface area contributed by atoms with E-state index in [1.807, 2.05) is 0 Å². The number of ether oxygens (including phenoxy) is 1. The van der Waals surface area contributed by atoms with Gasteiger partial charge in [-0.2, -0.15) is 0 Å². The van der Waals surface area contributed by atoms with E-state index in [9.17, 15) is 4.79 Å². The van der Waals surface area contributed by atoms with Gasteiger partial charge in [0.15, 0.2) is 0 Å². The molecule has 1 amide bonds. The molecule has 0 radical (unpaired) electrons. The molecule has 0 spiro atoms. The summed E-state index contributed by atoms with van der Waals surface area (Å²) in [5.74, 6) is 1.26. The van der Waals surface area contributed by atoms with Gasteiger partial charge in [-0.1, -0.05) is 13.8 Å². The average Bonchev–Trinajstić information content (AvgIpc) is 2.25. The van der Waals surface area contributed by atoms with Crippen molar-refractivity contribution in [3.63, 3.8) is 0 Å². The normalized spacial score (nSPS) is 28.2. The van der Waals surface area contributed by atoms with Gasteiger partial charge in [-0.05, 0) is 66.2 Å². The summed E-state index contributed by atoms with van der Waals surface area (Å²) in [7, 11) is 0. The fraction of sp³-hybridized carbons (Fsp3) is 0.944. The van der Waals surface area contributed by atoms with Gasteiger partial charge < -0.3 is 9.64 Å². The summed E-state index contributed by atoms with van der Waals surface area (Å²) in [4.78, 5) is 15.2. The van der Waals surface area contributed by atoms with E-state index in [0.717, 1.165) is 12.8 Å². The van der Waals surface area contributed by atoms with E-state index in [1.165, 1.54) is 0 Å². The van der Waals surface area contributed by atoms with Crippen molar-refractivity contribution >= 4 is 5.91 Å². The van der Waals surface area contributed by atoms with Crippen molar-refractivity contribution in [2.45, 2.75) is 92.5 Å². The monoisotopic (exact) mass is 297 g/mol. The molecule has 3 nitrogen and oxygen atoms in total. The summed E-state index contributed by atoms with van der Waals surface area (Å²) in [6.07, 6.45) is 2.53. The van der Waals surface area contributed by atoms with Crippen LogP contribution in [0.25, 0.3) is 0 Å². The van der Waals surface area contributed by atoms with Gasteiger partial charge in [0.2, 0.25) is 5.91 Å². The Balaban J connectivity index is 2.97. The predicted molar refractivity (Wildman–Crippen MR) is 88.2 cm³/mol. The van der Waals surface area contributed by atoms with Crippen molar-refractivity contribution in [2.24, 2.45) is 17.8 Å². The van der Waals surface area contributed by atoms with Crippen molar-refractivity contribution in [3.05, 3.63) is 0 Å². The average molecular weight is 297 g/mol. The van der Waals surface area contributed by atoms with Crippen LogP contribution in [-0.4, -0.2) is 35.1 Å². The zero-order valence-electron chi connectivity index (χ0n) is 15.2. The maximum Gasteiger partial charge on any atom is 0.226 e. The van der Waals surface area contributed by atoms with Gasteiger partial charge in [0.1, 0.15) is 0 Å². The van der Waals surface area contributed by atoms with Crippen LogP contribution in [0.5, 0.6) is 0 Å². The fourth-order valence-electron chi connectivity index (χ4n) is 4.06. The van der Waals surface area contributed by atoms with Crippen molar-refractivity contribution in [3.8, 4) is 0 Å². The summed E-state index contributed by atoms with van der Waals surface area (Å²) in [6.45, 7) is 17.1. The van der Waals surface area contributed by atoms with E-state index in [0.29, 0.717) is 17.7 Å². The van der Waals surface area contributed by atoms with Gasteiger partial charge in [-0.15, -0.1) is 0 Å². The van der Waals surface area contributed by atoms with Gasteiger partial charge >= 0.3 is 0 Å². The van der Waals surface area contributed by atoms with Gasteiger partial charge in [0.25, 0.3) is 0 Å². The van der Waals surface area contributed by atoms with Gasteiger partial charge in [0, 0.05) is 18.0 Å². The lowest BCUT2D eigenvalue weighted by atomic mass is 9.75. The number of rotatable bonds is 5. The standard InChI is InChI=1S/C18H35NO2/c1-11(2)17(16-9-14(7)21-15(8)10-16)18(20)19(12(3)4)13(5)6/h11-17H,9-10H2,1-8H3. The molecule has 0 aromatic heterocycles. The molecule has 0 bridgehead atoms. The minimum absolute atomic E-state index is 0.114. The molecule has 124 valence electrons. The van der Waals surface area contributed by atoms with E-state index >= 15 is 0 Å². The van der Waals surface area contributed by atoms with Crippen molar-refractivity contribution in [2.75, 3.05) is 0 Å². The number of hydrogen-bond donors (Lipinski definition) is 0. The van der Waals surface area contributed by atoms with Crippen molar-refractivity contribution in [1.82, 2.24) is 4.90 Å². The highest BCUT2D eigenvalue weighted by Crippen LogP contribution is 2.36. The number of nitrogens with zero attached hydrogens (tertiary/aromatic N) is 1. The molecule has 3 atom stereocenters. The molecule has 1 rings (SSSR count). The molecule has 1 saturated heterocycles. The Hall–Kier alpha value is -0.570. The van der Waals surface area contributed by atoms with Gasteiger partial charge in [-0.25, -0.2) is 0 Å². The van der Waals surface area contributed by atoms with Crippen LogP contribution in [0, 0.1) is 17.8 Å². The Labute approximate surface area is 131 Å². The molecule has 3 unspecified atom stereocenters. The molecule has 1 fully saturated rings. The zero-order chi connectivity index (χ0) is 16.3. The molecule has 1 heterocycles. The number of carbonyl (C=O) groups excluding carboxylic acids is 1. The third-order valence-electron chi connectivity index (χ3n) is 4.61. The zero-order valence-corrected chi connectivity index (χ0v) is 15.2. The van der Waals surface area contributed by atoms with Gasteiger partial charge in [0.05, 0.1) is 12.2 Å². The molecule has 3 heteroatoms.